The van der Waals surface area contributed by atoms with Crippen molar-refractivity contribution in [2.45, 2.75) is 45.4 Å². The smallest absolute Gasteiger partial charge is 0.0517 e. The van der Waals surface area contributed by atoms with Gasteiger partial charge in [-0.3, -0.25) is 0 Å². The van der Waals surface area contributed by atoms with Crippen LogP contribution in [0.1, 0.15) is 33.6 Å². The summed E-state index contributed by atoms with van der Waals surface area (Å²) in [7, 11) is 1.17. The van der Waals surface area contributed by atoms with Gasteiger partial charge < -0.3 is 4.74 Å². The van der Waals surface area contributed by atoms with Gasteiger partial charge in [0.05, 0.1) is 6.10 Å². The first-order valence-electron chi connectivity index (χ1n) is 3.82. The quantitative estimate of drug-likeness (QED) is 0.536. The summed E-state index contributed by atoms with van der Waals surface area (Å²) in [6.45, 7) is 6.40. The first kappa shape index (κ1) is 9.18. The van der Waals surface area contributed by atoms with E-state index in [0.717, 1.165) is 0 Å². The molecular weight excluding hydrogens is 128 g/mol. The Labute approximate surface area is 61.2 Å². The van der Waals surface area contributed by atoms with Crippen molar-refractivity contribution in [2.75, 3.05) is 0 Å². The molecule has 0 N–H and O–H groups in total. The fourth-order valence-electron chi connectivity index (χ4n) is 0.939. The van der Waals surface area contributed by atoms with Crippen LogP contribution in [0.2, 0.25) is 0 Å². The van der Waals surface area contributed by atoms with E-state index >= 15 is 0 Å². The van der Waals surface area contributed by atoms with E-state index in [9.17, 15) is 0 Å². The molecule has 1 atom stereocenters. The van der Waals surface area contributed by atoms with E-state index in [-0.39, 0.29) is 0 Å². The predicted molar refractivity (Wildman–Crippen MR) is 44.9 cm³/mol. The lowest BCUT2D eigenvalue weighted by molar-refractivity contribution is 0.0499. The number of ether oxygens (including phenoxy) is 1. The molecule has 1 unspecified atom stereocenters. The molecule has 0 aliphatic carbocycles. The molecule has 0 radical (unpaired) electrons. The summed E-state index contributed by atoms with van der Waals surface area (Å²) in [5.74, 6) is 0. The summed E-state index contributed by atoms with van der Waals surface area (Å²) >= 11 is 0. The van der Waals surface area contributed by atoms with Crippen LogP contribution < -0.4 is 0 Å². The molecule has 0 fully saturated rings. The Bertz CT molecular complexity index is 63.9. The molecule has 0 heterocycles. The van der Waals surface area contributed by atoms with Crippen LogP contribution in [0.5, 0.6) is 0 Å². The van der Waals surface area contributed by atoms with Crippen LogP contribution in [0, 0.1) is 0 Å². The Morgan fingerprint density at radius 2 is 2.00 bits per heavy atom. The Hall–Kier alpha value is 0.177. The average molecular weight is 146 g/mol. The number of hydrogen-bond acceptors (Lipinski definition) is 1. The van der Waals surface area contributed by atoms with E-state index in [2.05, 4.69) is 20.8 Å². The van der Waals surface area contributed by atoms with Gasteiger partial charge in [0.2, 0.25) is 0 Å². The first-order valence-corrected chi connectivity index (χ1v) is 4.97. The van der Waals surface area contributed by atoms with Crippen molar-refractivity contribution < 1.29 is 4.74 Å². The predicted octanol–water partition coefficient (Wildman–Crippen LogP) is 0.903. The Kier molecular flexibility index (Phi) is 5.10. The SMILES string of the molecule is CCCC([SiH3])OC(C)C. The maximum absolute atomic E-state index is 5.55. The first-order chi connectivity index (χ1) is 4.16. The lowest BCUT2D eigenvalue weighted by atomic mass is 10.3. The van der Waals surface area contributed by atoms with E-state index in [1.807, 2.05) is 0 Å². The zero-order valence-electron chi connectivity index (χ0n) is 6.98. The zero-order valence-corrected chi connectivity index (χ0v) is 8.98. The van der Waals surface area contributed by atoms with E-state index < -0.39 is 0 Å². The highest BCUT2D eigenvalue weighted by Gasteiger charge is 2.01. The van der Waals surface area contributed by atoms with E-state index in [4.69, 9.17) is 4.74 Å². The van der Waals surface area contributed by atoms with Gasteiger partial charge in [-0.25, -0.2) is 0 Å². The summed E-state index contributed by atoms with van der Waals surface area (Å²) in [4.78, 5) is 0. The van der Waals surface area contributed by atoms with Crippen LogP contribution >= 0.6 is 0 Å². The fraction of sp³-hybridized carbons (Fsp3) is 1.00. The summed E-state index contributed by atoms with van der Waals surface area (Å²) in [6, 6.07) is 0. The molecule has 9 heavy (non-hydrogen) atoms. The van der Waals surface area contributed by atoms with Gasteiger partial charge in [-0.2, -0.15) is 0 Å². The number of rotatable bonds is 4. The van der Waals surface area contributed by atoms with Crippen LogP contribution in [0.3, 0.4) is 0 Å². The lowest BCUT2D eigenvalue weighted by Crippen LogP contribution is -2.17. The second-order valence-corrected chi connectivity index (χ2v) is 4.07. The standard InChI is InChI=1S/C7H18OSi/c1-4-5-7(9)8-6(2)3/h6-7H,4-5H2,1-3,9H3. The van der Waals surface area contributed by atoms with Crippen LogP contribution in [-0.4, -0.2) is 22.1 Å². The maximum Gasteiger partial charge on any atom is 0.0517 e. The summed E-state index contributed by atoms with van der Waals surface area (Å²) < 4.78 is 5.55. The molecule has 0 aromatic carbocycles. The van der Waals surface area contributed by atoms with Gasteiger partial charge in [0, 0.05) is 16.0 Å². The van der Waals surface area contributed by atoms with Gasteiger partial charge in [-0.15, -0.1) is 0 Å². The van der Waals surface area contributed by atoms with Gasteiger partial charge in [-0.1, -0.05) is 13.3 Å². The zero-order chi connectivity index (χ0) is 7.28. The monoisotopic (exact) mass is 146 g/mol. The maximum atomic E-state index is 5.55. The Morgan fingerprint density at radius 3 is 2.33 bits per heavy atom. The minimum atomic E-state index is 0.416. The molecule has 0 aromatic rings. The molecule has 0 saturated carbocycles. The highest BCUT2D eigenvalue weighted by atomic mass is 28.1. The third-order valence-electron chi connectivity index (χ3n) is 1.20. The molecule has 0 saturated heterocycles. The van der Waals surface area contributed by atoms with Crippen LogP contribution in [-0.2, 0) is 4.74 Å². The van der Waals surface area contributed by atoms with Crippen molar-refractivity contribution in [2.24, 2.45) is 0 Å². The molecule has 0 aliphatic rings. The van der Waals surface area contributed by atoms with Crippen LogP contribution in [0.4, 0.5) is 0 Å². The van der Waals surface area contributed by atoms with E-state index in [0.29, 0.717) is 11.8 Å². The highest BCUT2D eigenvalue weighted by molar-refractivity contribution is 6.10. The second kappa shape index (κ2) is 5.00. The van der Waals surface area contributed by atoms with Crippen molar-refractivity contribution in [3.05, 3.63) is 0 Å². The summed E-state index contributed by atoms with van der Waals surface area (Å²) in [6.07, 6.45) is 2.91. The molecule has 0 aliphatic heterocycles. The van der Waals surface area contributed by atoms with Gasteiger partial charge >= 0.3 is 0 Å². The van der Waals surface area contributed by atoms with E-state index in [1.165, 1.54) is 23.1 Å². The molecule has 0 aromatic heterocycles. The topological polar surface area (TPSA) is 9.23 Å². The number of hydrogen-bond donors (Lipinski definition) is 0. The van der Waals surface area contributed by atoms with Gasteiger partial charge in [0.15, 0.2) is 0 Å². The normalized spacial score (nSPS) is 14.7. The molecule has 0 amide bonds. The van der Waals surface area contributed by atoms with Crippen molar-refractivity contribution >= 4 is 10.2 Å². The van der Waals surface area contributed by atoms with Crippen LogP contribution in [0.25, 0.3) is 0 Å². The third-order valence-corrected chi connectivity index (χ3v) is 2.05. The fourth-order valence-corrected chi connectivity index (χ4v) is 2.06. The Balaban J connectivity index is 3.15. The minimum absolute atomic E-state index is 0.416. The van der Waals surface area contributed by atoms with Crippen molar-refractivity contribution in [3.63, 3.8) is 0 Å². The minimum Gasteiger partial charge on any atom is -0.380 e. The lowest BCUT2D eigenvalue weighted by Gasteiger charge is -2.14. The second-order valence-electron chi connectivity index (χ2n) is 2.78. The molecule has 1 nitrogen and oxygen atoms in total. The van der Waals surface area contributed by atoms with Crippen molar-refractivity contribution in [1.82, 2.24) is 0 Å². The van der Waals surface area contributed by atoms with Gasteiger partial charge in [-0.05, 0) is 20.3 Å². The molecule has 2 heteroatoms. The van der Waals surface area contributed by atoms with Gasteiger partial charge in [0.1, 0.15) is 0 Å². The average Bonchev–Trinajstić information content (AvgIpc) is 1.63. The summed E-state index contributed by atoms with van der Waals surface area (Å²) in [5, 5.41) is 0. The molecule has 56 valence electrons. The van der Waals surface area contributed by atoms with Crippen molar-refractivity contribution in [1.29, 1.82) is 0 Å². The van der Waals surface area contributed by atoms with Crippen LogP contribution in [0.15, 0.2) is 0 Å². The Morgan fingerprint density at radius 1 is 1.44 bits per heavy atom. The highest BCUT2D eigenvalue weighted by Crippen LogP contribution is 2.00. The molecule has 0 rings (SSSR count). The van der Waals surface area contributed by atoms with Crippen molar-refractivity contribution in [3.8, 4) is 0 Å². The molecule has 0 spiro atoms. The molecule has 0 bridgehead atoms. The van der Waals surface area contributed by atoms with E-state index in [1.54, 1.807) is 0 Å². The summed E-state index contributed by atoms with van der Waals surface area (Å²) in [5.41, 5.74) is 0.579. The molecular formula is C7H18OSi. The van der Waals surface area contributed by atoms with Gasteiger partial charge in [0.25, 0.3) is 0 Å². The third kappa shape index (κ3) is 6.06. The largest absolute Gasteiger partial charge is 0.380 e.